The molecule has 2 aliphatic heterocycles. The predicted octanol–water partition coefficient (Wildman–Crippen LogP) is 1.79. The summed E-state index contributed by atoms with van der Waals surface area (Å²) >= 11 is 0. The number of nitrogens with zero attached hydrogens (tertiary/aromatic N) is 2. The van der Waals surface area contributed by atoms with E-state index in [9.17, 15) is 9.59 Å². The number of benzene rings is 1. The van der Waals surface area contributed by atoms with Gasteiger partial charge in [-0.3, -0.25) is 4.79 Å². The highest BCUT2D eigenvalue weighted by Crippen LogP contribution is 2.21. The van der Waals surface area contributed by atoms with E-state index in [1.165, 1.54) is 0 Å². The van der Waals surface area contributed by atoms with E-state index in [-0.39, 0.29) is 17.9 Å². The van der Waals surface area contributed by atoms with E-state index >= 15 is 0 Å². The second kappa shape index (κ2) is 7.46. The van der Waals surface area contributed by atoms with Gasteiger partial charge in [-0.15, -0.1) is 0 Å². The van der Waals surface area contributed by atoms with Gasteiger partial charge in [0.25, 0.3) is 0 Å². The lowest BCUT2D eigenvalue weighted by atomic mass is 9.95. The molecule has 124 valence electrons. The van der Waals surface area contributed by atoms with Crippen molar-refractivity contribution in [1.29, 1.82) is 0 Å². The zero-order valence-electron chi connectivity index (χ0n) is 13.2. The fraction of sp³-hybridized carbons (Fsp3) is 0.529. The number of morpholine rings is 1. The first-order chi connectivity index (χ1) is 11.2. The molecule has 3 amide bonds. The van der Waals surface area contributed by atoms with Crippen molar-refractivity contribution in [2.45, 2.75) is 12.8 Å². The summed E-state index contributed by atoms with van der Waals surface area (Å²) in [6.07, 6.45) is 1.47. The molecule has 0 aromatic heterocycles. The van der Waals surface area contributed by atoms with E-state index in [1.54, 1.807) is 4.90 Å². The Morgan fingerprint density at radius 3 is 2.26 bits per heavy atom. The molecule has 0 bridgehead atoms. The molecule has 1 aromatic rings. The van der Waals surface area contributed by atoms with Crippen LogP contribution in [0, 0.1) is 5.92 Å². The van der Waals surface area contributed by atoms with Gasteiger partial charge in [0.2, 0.25) is 5.91 Å². The largest absolute Gasteiger partial charge is 0.378 e. The van der Waals surface area contributed by atoms with Crippen molar-refractivity contribution in [3.05, 3.63) is 30.3 Å². The van der Waals surface area contributed by atoms with Crippen LogP contribution in [0.3, 0.4) is 0 Å². The molecule has 2 fully saturated rings. The van der Waals surface area contributed by atoms with E-state index in [1.807, 2.05) is 35.2 Å². The Kier molecular flexibility index (Phi) is 5.12. The lowest BCUT2D eigenvalue weighted by Crippen LogP contribution is -2.48. The number of piperidine rings is 1. The van der Waals surface area contributed by atoms with Crippen LogP contribution in [0.2, 0.25) is 0 Å². The standard InChI is InChI=1S/C17H23N3O3/c21-16(19-10-12-23-13-11-19)14-6-8-20(9-7-14)17(22)18-15-4-2-1-3-5-15/h1-5,14H,6-13H2,(H,18,22). The second-order valence-corrected chi connectivity index (χ2v) is 6.00. The molecular formula is C17H23N3O3. The minimum Gasteiger partial charge on any atom is -0.378 e. The van der Waals surface area contributed by atoms with Crippen molar-refractivity contribution in [3.8, 4) is 0 Å². The summed E-state index contributed by atoms with van der Waals surface area (Å²) < 4.78 is 5.29. The molecule has 0 atom stereocenters. The summed E-state index contributed by atoms with van der Waals surface area (Å²) in [5.74, 6) is 0.255. The van der Waals surface area contributed by atoms with Gasteiger partial charge in [0, 0.05) is 37.8 Å². The number of urea groups is 1. The van der Waals surface area contributed by atoms with Gasteiger partial charge < -0.3 is 19.9 Å². The molecule has 0 unspecified atom stereocenters. The number of ether oxygens (including phenoxy) is 1. The van der Waals surface area contributed by atoms with Crippen LogP contribution in [0.25, 0.3) is 0 Å². The lowest BCUT2D eigenvalue weighted by Gasteiger charge is -2.35. The smallest absolute Gasteiger partial charge is 0.321 e. The number of para-hydroxylation sites is 1. The van der Waals surface area contributed by atoms with Gasteiger partial charge >= 0.3 is 6.03 Å². The van der Waals surface area contributed by atoms with Crippen molar-refractivity contribution < 1.29 is 14.3 Å². The molecule has 2 heterocycles. The number of amides is 3. The first-order valence-corrected chi connectivity index (χ1v) is 8.21. The van der Waals surface area contributed by atoms with Crippen molar-refractivity contribution in [1.82, 2.24) is 9.80 Å². The molecule has 0 spiro atoms. The highest BCUT2D eigenvalue weighted by atomic mass is 16.5. The summed E-state index contributed by atoms with van der Waals surface area (Å²) in [5.41, 5.74) is 0.795. The molecule has 6 nitrogen and oxygen atoms in total. The summed E-state index contributed by atoms with van der Waals surface area (Å²) in [7, 11) is 0. The number of rotatable bonds is 2. The van der Waals surface area contributed by atoms with E-state index in [0.717, 1.165) is 18.5 Å². The maximum Gasteiger partial charge on any atom is 0.321 e. The number of anilines is 1. The second-order valence-electron chi connectivity index (χ2n) is 6.00. The van der Waals surface area contributed by atoms with Gasteiger partial charge in [-0.05, 0) is 25.0 Å². The Morgan fingerprint density at radius 1 is 0.957 bits per heavy atom. The van der Waals surface area contributed by atoms with Gasteiger partial charge in [0.15, 0.2) is 0 Å². The SMILES string of the molecule is O=C(Nc1ccccc1)N1CCC(C(=O)N2CCOCC2)CC1. The Labute approximate surface area is 136 Å². The summed E-state index contributed by atoms with van der Waals surface area (Å²) in [6.45, 7) is 3.88. The molecule has 1 aromatic carbocycles. The number of hydrogen-bond acceptors (Lipinski definition) is 3. The number of likely N-dealkylation sites (tertiary alicyclic amines) is 1. The fourth-order valence-corrected chi connectivity index (χ4v) is 3.10. The number of hydrogen-bond donors (Lipinski definition) is 1. The van der Waals surface area contributed by atoms with Crippen LogP contribution in [0.4, 0.5) is 10.5 Å². The fourth-order valence-electron chi connectivity index (χ4n) is 3.10. The number of nitrogens with one attached hydrogen (secondary N) is 1. The highest BCUT2D eigenvalue weighted by molar-refractivity contribution is 5.89. The first-order valence-electron chi connectivity index (χ1n) is 8.21. The van der Waals surface area contributed by atoms with Crippen LogP contribution in [0.1, 0.15) is 12.8 Å². The Bertz CT molecular complexity index is 535. The van der Waals surface area contributed by atoms with Crippen LogP contribution < -0.4 is 5.32 Å². The molecule has 0 radical (unpaired) electrons. The monoisotopic (exact) mass is 317 g/mol. The highest BCUT2D eigenvalue weighted by Gasteiger charge is 2.30. The molecule has 0 saturated carbocycles. The van der Waals surface area contributed by atoms with Crippen LogP contribution in [-0.4, -0.2) is 61.1 Å². The van der Waals surface area contributed by atoms with Crippen molar-refractivity contribution in [3.63, 3.8) is 0 Å². The Morgan fingerprint density at radius 2 is 1.61 bits per heavy atom. The van der Waals surface area contributed by atoms with E-state index in [2.05, 4.69) is 5.32 Å². The molecule has 1 N–H and O–H groups in total. The van der Waals surface area contributed by atoms with E-state index in [4.69, 9.17) is 4.74 Å². The van der Waals surface area contributed by atoms with E-state index < -0.39 is 0 Å². The van der Waals surface area contributed by atoms with Crippen LogP contribution >= 0.6 is 0 Å². The minimum atomic E-state index is -0.0894. The summed E-state index contributed by atoms with van der Waals surface area (Å²) in [6, 6.07) is 9.34. The zero-order valence-corrected chi connectivity index (χ0v) is 13.2. The third-order valence-electron chi connectivity index (χ3n) is 4.48. The van der Waals surface area contributed by atoms with Crippen molar-refractivity contribution in [2.75, 3.05) is 44.7 Å². The molecule has 6 heteroatoms. The topological polar surface area (TPSA) is 61.9 Å². The zero-order chi connectivity index (χ0) is 16.1. The lowest BCUT2D eigenvalue weighted by molar-refractivity contribution is -0.140. The number of carbonyl (C=O) groups is 2. The average molecular weight is 317 g/mol. The molecular weight excluding hydrogens is 294 g/mol. The predicted molar refractivity (Wildman–Crippen MR) is 87.2 cm³/mol. The molecule has 23 heavy (non-hydrogen) atoms. The third kappa shape index (κ3) is 4.01. The maximum atomic E-state index is 12.5. The van der Waals surface area contributed by atoms with Gasteiger partial charge in [0.1, 0.15) is 0 Å². The first kappa shape index (κ1) is 15.8. The van der Waals surface area contributed by atoms with Crippen molar-refractivity contribution in [2.24, 2.45) is 5.92 Å². The van der Waals surface area contributed by atoms with Crippen LogP contribution in [-0.2, 0) is 9.53 Å². The summed E-state index contributed by atoms with van der Waals surface area (Å²) in [4.78, 5) is 28.4. The number of carbonyl (C=O) groups excluding carboxylic acids is 2. The molecule has 0 aliphatic carbocycles. The molecule has 3 rings (SSSR count). The third-order valence-corrected chi connectivity index (χ3v) is 4.48. The Balaban J connectivity index is 1.48. The van der Waals surface area contributed by atoms with Crippen LogP contribution in [0.15, 0.2) is 30.3 Å². The van der Waals surface area contributed by atoms with Crippen LogP contribution in [0.5, 0.6) is 0 Å². The average Bonchev–Trinajstić information content (AvgIpc) is 2.63. The van der Waals surface area contributed by atoms with Gasteiger partial charge in [0.05, 0.1) is 13.2 Å². The van der Waals surface area contributed by atoms with Gasteiger partial charge in [-0.2, -0.15) is 0 Å². The summed E-state index contributed by atoms with van der Waals surface area (Å²) in [5, 5.41) is 2.89. The van der Waals surface area contributed by atoms with E-state index in [0.29, 0.717) is 39.4 Å². The minimum absolute atomic E-state index is 0.0360. The maximum absolute atomic E-state index is 12.5. The normalized spacial score (nSPS) is 19.5. The molecule has 2 saturated heterocycles. The van der Waals surface area contributed by atoms with Crippen molar-refractivity contribution >= 4 is 17.6 Å². The van der Waals surface area contributed by atoms with Gasteiger partial charge in [-0.1, -0.05) is 18.2 Å². The quantitative estimate of drug-likeness (QED) is 0.904. The Hall–Kier alpha value is -2.08. The molecule has 2 aliphatic rings. The van der Waals surface area contributed by atoms with Gasteiger partial charge in [-0.25, -0.2) is 4.79 Å².